The third-order valence-electron chi connectivity index (χ3n) is 5.30. The molecule has 0 aliphatic carbocycles. The van der Waals surface area contributed by atoms with Crippen molar-refractivity contribution in [1.82, 2.24) is 14.5 Å². The van der Waals surface area contributed by atoms with Crippen LogP contribution in [0.15, 0.2) is 42.7 Å². The number of nitrogens with zero attached hydrogens (tertiary/aromatic N) is 4. The Kier molecular flexibility index (Phi) is 7.58. The number of hydrogen-bond donors (Lipinski definition) is 0. The lowest BCUT2D eigenvalue weighted by molar-refractivity contribution is -0.140. The highest BCUT2D eigenvalue weighted by Crippen LogP contribution is 2.29. The van der Waals surface area contributed by atoms with Crippen molar-refractivity contribution in [2.45, 2.75) is 19.8 Å². The number of nitriles is 1. The molecular weight excluding hydrogens is 408 g/mol. The van der Waals surface area contributed by atoms with Gasteiger partial charge >= 0.3 is 5.97 Å². The number of fused-ring (bicyclic) bond motifs is 1. The molecule has 1 aliphatic rings. The van der Waals surface area contributed by atoms with E-state index in [0.29, 0.717) is 35.8 Å². The van der Waals surface area contributed by atoms with Gasteiger partial charge in [0.15, 0.2) is 12.0 Å². The minimum atomic E-state index is -0.228. The van der Waals surface area contributed by atoms with E-state index in [-0.39, 0.29) is 5.97 Å². The van der Waals surface area contributed by atoms with Crippen LogP contribution in [0.25, 0.3) is 5.52 Å². The number of benzene rings is 1. The molecule has 1 saturated heterocycles. The van der Waals surface area contributed by atoms with Crippen molar-refractivity contribution in [3.05, 3.63) is 59.4 Å². The van der Waals surface area contributed by atoms with Crippen LogP contribution in [-0.4, -0.2) is 54.0 Å². The number of aromatic nitrogens is 2. The SMILES string of the molecule is CN1CC(C#N)C1.COC(=O)CCc1ccc(Oc2ccnn3cc(C=O)c(C)c23)cc1. The van der Waals surface area contributed by atoms with E-state index in [9.17, 15) is 9.59 Å². The van der Waals surface area contributed by atoms with Crippen LogP contribution in [0.4, 0.5) is 0 Å². The van der Waals surface area contributed by atoms with Crippen LogP contribution >= 0.6 is 0 Å². The molecule has 0 unspecified atom stereocenters. The highest BCUT2D eigenvalue weighted by atomic mass is 16.5. The van der Waals surface area contributed by atoms with Crippen molar-refractivity contribution in [2.75, 3.05) is 27.2 Å². The summed E-state index contributed by atoms with van der Waals surface area (Å²) in [4.78, 5) is 24.4. The van der Waals surface area contributed by atoms with Crippen molar-refractivity contribution in [2.24, 2.45) is 5.92 Å². The first kappa shape index (κ1) is 23.0. The second-order valence-corrected chi connectivity index (χ2v) is 7.69. The Morgan fingerprint density at radius 2 is 2.00 bits per heavy atom. The molecule has 3 aromatic rings. The van der Waals surface area contributed by atoms with Crippen LogP contribution < -0.4 is 4.74 Å². The lowest BCUT2D eigenvalue weighted by Gasteiger charge is -2.30. The third kappa shape index (κ3) is 5.50. The summed E-state index contributed by atoms with van der Waals surface area (Å²) in [6, 6.07) is 11.5. The largest absolute Gasteiger partial charge is 0.469 e. The summed E-state index contributed by atoms with van der Waals surface area (Å²) in [5.74, 6) is 1.39. The molecule has 0 N–H and O–H groups in total. The van der Waals surface area contributed by atoms with E-state index in [4.69, 9.17) is 10.00 Å². The van der Waals surface area contributed by atoms with Gasteiger partial charge in [-0.15, -0.1) is 0 Å². The Labute approximate surface area is 187 Å². The van der Waals surface area contributed by atoms with Crippen molar-refractivity contribution in [3.8, 4) is 17.6 Å². The third-order valence-corrected chi connectivity index (χ3v) is 5.30. The van der Waals surface area contributed by atoms with Crippen LogP contribution in [0, 0.1) is 24.2 Å². The molecule has 8 nitrogen and oxygen atoms in total. The Morgan fingerprint density at radius 3 is 2.56 bits per heavy atom. The fraction of sp³-hybridized carbons (Fsp3) is 0.333. The molecule has 0 amide bonds. The molecule has 3 heterocycles. The number of carbonyl (C=O) groups excluding carboxylic acids is 2. The van der Waals surface area contributed by atoms with Crippen LogP contribution in [0.5, 0.6) is 11.5 Å². The zero-order valence-electron chi connectivity index (χ0n) is 18.4. The summed E-state index contributed by atoms with van der Waals surface area (Å²) >= 11 is 0. The van der Waals surface area contributed by atoms with E-state index in [2.05, 4.69) is 20.8 Å². The van der Waals surface area contributed by atoms with Gasteiger partial charge < -0.3 is 14.4 Å². The molecule has 1 aliphatic heterocycles. The van der Waals surface area contributed by atoms with Crippen molar-refractivity contribution in [1.29, 1.82) is 5.26 Å². The maximum Gasteiger partial charge on any atom is 0.305 e. The Bertz CT molecular complexity index is 1130. The fourth-order valence-corrected chi connectivity index (χ4v) is 3.42. The van der Waals surface area contributed by atoms with Gasteiger partial charge in [-0.3, -0.25) is 9.59 Å². The fourth-order valence-electron chi connectivity index (χ4n) is 3.42. The zero-order chi connectivity index (χ0) is 23.1. The topological polar surface area (TPSA) is 96.9 Å². The van der Waals surface area contributed by atoms with Crippen LogP contribution in [-0.2, 0) is 16.0 Å². The number of likely N-dealkylation sites (tertiary alicyclic amines) is 1. The van der Waals surface area contributed by atoms with Crippen molar-refractivity contribution < 1.29 is 19.1 Å². The number of rotatable bonds is 6. The summed E-state index contributed by atoms with van der Waals surface area (Å²) < 4.78 is 12.2. The quantitative estimate of drug-likeness (QED) is 0.433. The highest BCUT2D eigenvalue weighted by Gasteiger charge is 2.21. The van der Waals surface area contributed by atoms with Crippen molar-refractivity contribution in [3.63, 3.8) is 0 Å². The Morgan fingerprint density at radius 1 is 1.28 bits per heavy atom. The molecule has 1 aromatic carbocycles. The van der Waals surface area contributed by atoms with E-state index < -0.39 is 0 Å². The number of aryl methyl sites for hydroxylation is 2. The van der Waals surface area contributed by atoms with Crippen molar-refractivity contribution >= 4 is 17.8 Å². The predicted octanol–water partition coefficient (Wildman–Crippen LogP) is 3.42. The van der Waals surface area contributed by atoms with E-state index in [0.717, 1.165) is 36.0 Å². The molecule has 1 fully saturated rings. The first-order valence-electron chi connectivity index (χ1n) is 10.3. The monoisotopic (exact) mass is 434 g/mol. The molecule has 4 rings (SSSR count). The minimum Gasteiger partial charge on any atom is -0.469 e. The smallest absolute Gasteiger partial charge is 0.305 e. The number of aldehydes is 1. The maximum atomic E-state index is 11.2. The Balaban J connectivity index is 0.000000352. The maximum absolute atomic E-state index is 11.2. The predicted molar refractivity (Wildman–Crippen MR) is 119 cm³/mol. The highest BCUT2D eigenvalue weighted by molar-refractivity contribution is 5.84. The molecule has 0 bridgehead atoms. The first-order valence-corrected chi connectivity index (χ1v) is 10.3. The number of ether oxygens (including phenoxy) is 2. The second kappa shape index (κ2) is 10.6. The molecule has 2 aromatic heterocycles. The normalized spacial score (nSPS) is 13.4. The number of esters is 1. The van der Waals surface area contributed by atoms with Gasteiger partial charge in [-0.25, -0.2) is 4.52 Å². The molecule has 0 saturated carbocycles. The number of methoxy groups -OCH3 is 1. The van der Waals surface area contributed by atoms with E-state index in [1.807, 2.05) is 38.2 Å². The van der Waals surface area contributed by atoms with E-state index in [1.165, 1.54) is 7.11 Å². The molecule has 0 atom stereocenters. The summed E-state index contributed by atoms with van der Waals surface area (Å²) in [7, 11) is 3.40. The van der Waals surface area contributed by atoms with E-state index in [1.54, 1.807) is 23.0 Å². The van der Waals surface area contributed by atoms with Crippen LogP contribution in [0.2, 0.25) is 0 Å². The number of carbonyl (C=O) groups is 2. The summed E-state index contributed by atoms with van der Waals surface area (Å²) in [6.45, 7) is 3.80. The molecular formula is C24H26N4O4. The molecule has 0 spiro atoms. The van der Waals surface area contributed by atoms with Gasteiger partial charge in [0, 0.05) is 37.3 Å². The van der Waals surface area contributed by atoms with Gasteiger partial charge in [-0.05, 0) is 43.7 Å². The van der Waals surface area contributed by atoms with Gasteiger partial charge in [-0.2, -0.15) is 10.4 Å². The van der Waals surface area contributed by atoms with Gasteiger partial charge in [-0.1, -0.05) is 12.1 Å². The zero-order valence-corrected chi connectivity index (χ0v) is 18.4. The lowest BCUT2D eigenvalue weighted by Crippen LogP contribution is -2.42. The van der Waals surface area contributed by atoms with E-state index >= 15 is 0 Å². The van der Waals surface area contributed by atoms with Crippen LogP contribution in [0.3, 0.4) is 0 Å². The van der Waals surface area contributed by atoms with Gasteiger partial charge in [0.2, 0.25) is 0 Å². The van der Waals surface area contributed by atoms with Gasteiger partial charge in [0.25, 0.3) is 0 Å². The Hall–Kier alpha value is -3.70. The average molecular weight is 434 g/mol. The molecule has 32 heavy (non-hydrogen) atoms. The average Bonchev–Trinajstić information content (AvgIpc) is 3.13. The molecule has 8 heteroatoms. The first-order chi connectivity index (χ1) is 15.4. The number of hydrogen-bond acceptors (Lipinski definition) is 7. The lowest BCUT2D eigenvalue weighted by atomic mass is 10.0. The molecule has 166 valence electrons. The standard InChI is InChI=1S/C19H18N2O4.C5H8N2/c1-13-15(12-22)11-21-19(13)17(9-10-20-21)25-16-6-3-14(4-7-16)5-8-18(23)24-2;1-7-3-5(2-6)4-7/h3-4,6-7,9-12H,5,8H2,1-2H3;5H,3-4H2,1H3. The second-order valence-electron chi connectivity index (χ2n) is 7.69. The minimum absolute atomic E-state index is 0.228. The summed E-state index contributed by atoms with van der Waals surface area (Å²) in [5, 5.41) is 12.4. The summed E-state index contributed by atoms with van der Waals surface area (Å²) in [6.07, 6.45) is 5.08. The summed E-state index contributed by atoms with van der Waals surface area (Å²) in [5.41, 5.74) is 3.20. The van der Waals surface area contributed by atoms with Gasteiger partial charge in [0.05, 0.1) is 25.3 Å². The molecule has 0 radical (unpaired) electrons. The van der Waals surface area contributed by atoms with Crippen LogP contribution in [0.1, 0.15) is 27.9 Å². The van der Waals surface area contributed by atoms with Gasteiger partial charge in [0.1, 0.15) is 11.3 Å².